The minimum absolute atomic E-state index is 0.0446. The van der Waals surface area contributed by atoms with Crippen LogP contribution < -0.4 is 10.2 Å². The normalized spacial score (nSPS) is 20.9. The molecule has 2 aliphatic heterocycles. The van der Waals surface area contributed by atoms with Crippen LogP contribution in [0.25, 0.3) is 22.3 Å². The van der Waals surface area contributed by atoms with Crippen molar-refractivity contribution in [2.45, 2.75) is 76.2 Å². The lowest BCUT2D eigenvalue weighted by atomic mass is 10.0. The number of hydrogen-bond donors (Lipinski definition) is 2. The lowest BCUT2D eigenvalue weighted by molar-refractivity contribution is 0.151. The number of amides is 2. The number of likely N-dealkylation sites (tertiary alicyclic amines) is 1. The summed E-state index contributed by atoms with van der Waals surface area (Å²) in [5.74, 6) is 0.796. The summed E-state index contributed by atoms with van der Waals surface area (Å²) in [4.78, 5) is 22.1. The van der Waals surface area contributed by atoms with E-state index in [2.05, 4.69) is 20.4 Å². The minimum Gasteiger partial charge on any atom is -0.383 e. The number of alkyl halides is 1. The summed E-state index contributed by atoms with van der Waals surface area (Å²) in [6.45, 7) is 5.48. The fourth-order valence-corrected chi connectivity index (χ4v) is 5.80. The molecule has 3 aromatic heterocycles. The van der Waals surface area contributed by atoms with Crippen LogP contribution in [0.4, 0.5) is 20.7 Å². The first kappa shape index (κ1) is 24.1. The van der Waals surface area contributed by atoms with Gasteiger partial charge in [0, 0.05) is 31.9 Å². The summed E-state index contributed by atoms with van der Waals surface area (Å²) < 4.78 is 21.8. The highest BCUT2D eigenvalue weighted by Crippen LogP contribution is 2.48. The SMILES string of the molecule is COC[C@H]1CCN1c1nn(CC(C)(C)F)c2cc(-c3[nH]ncc3NC(=O)N3CCCCC34CC4)ncc12. The molecule has 2 amide bonds. The van der Waals surface area contributed by atoms with Crippen LogP contribution in [0.5, 0.6) is 0 Å². The summed E-state index contributed by atoms with van der Waals surface area (Å²) >= 11 is 0. The van der Waals surface area contributed by atoms with E-state index < -0.39 is 5.67 Å². The van der Waals surface area contributed by atoms with Gasteiger partial charge < -0.3 is 19.9 Å². The quantitative estimate of drug-likeness (QED) is 0.490. The van der Waals surface area contributed by atoms with Gasteiger partial charge in [-0.05, 0) is 58.4 Å². The van der Waals surface area contributed by atoms with Crippen molar-refractivity contribution in [2.24, 2.45) is 0 Å². The van der Waals surface area contributed by atoms with Gasteiger partial charge in [-0.25, -0.2) is 9.18 Å². The molecule has 10 nitrogen and oxygen atoms in total. The van der Waals surface area contributed by atoms with E-state index in [1.165, 1.54) is 6.42 Å². The molecule has 0 aromatic carbocycles. The fourth-order valence-electron chi connectivity index (χ4n) is 5.80. The van der Waals surface area contributed by atoms with Gasteiger partial charge in [0.15, 0.2) is 5.82 Å². The number of hydrogen-bond acceptors (Lipinski definition) is 6. The number of nitrogens with one attached hydrogen (secondary N) is 2. The van der Waals surface area contributed by atoms with Gasteiger partial charge in [0.2, 0.25) is 0 Å². The number of aromatic nitrogens is 5. The number of nitrogens with zero attached hydrogens (tertiary/aromatic N) is 6. The summed E-state index contributed by atoms with van der Waals surface area (Å²) in [6.07, 6.45) is 9.88. The molecule has 1 atom stereocenters. The highest BCUT2D eigenvalue weighted by Gasteiger charge is 2.51. The molecular weight excluding hydrogens is 475 g/mol. The molecule has 37 heavy (non-hydrogen) atoms. The van der Waals surface area contributed by atoms with E-state index in [4.69, 9.17) is 14.8 Å². The molecule has 0 radical (unpaired) electrons. The second-order valence-electron chi connectivity index (χ2n) is 11.3. The number of rotatable bonds is 7. The number of methoxy groups -OCH3 is 1. The van der Waals surface area contributed by atoms with Crippen LogP contribution in [0.2, 0.25) is 0 Å². The number of fused-ring (bicyclic) bond motifs is 1. The van der Waals surface area contributed by atoms with E-state index in [-0.39, 0.29) is 24.2 Å². The monoisotopic (exact) mass is 510 g/mol. The maximum absolute atomic E-state index is 14.8. The number of aromatic amines is 1. The predicted octanol–water partition coefficient (Wildman–Crippen LogP) is 4.35. The molecule has 5 heterocycles. The number of anilines is 2. The van der Waals surface area contributed by atoms with E-state index in [9.17, 15) is 9.18 Å². The highest BCUT2D eigenvalue weighted by molar-refractivity contribution is 5.96. The van der Waals surface area contributed by atoms with Crippen molar-refractivity contribution in [3.63, 3.8) is 0 Å². The van der Waals surface area contributed by atoms with E-state index in [1.54, 1.807) is 38.0 Å². The highest BCUT2D eigenvalue weighted by atomic mass is 19.1. The molecule has 1 saturated carbocycles. The number of halogens is 1. The van der Waals surface area contributed by atoms with Crippen molar-refractivity contribution in [1.82, 2.24) is 29.9 Å². The number of piperidine rings is 1. The molecule has 3 aromatic rings. The Bertz CT molecular complexity index is 1310. The van der Waals surface area contributed by atoms with E-state index in [1.807, 2.05) is 11.0 Å². The van der Waals surface area contributed by atoms with E-state index in [0.717, 1.165) is 61.9 Å². The molecule has 3 aliphatic rings. The van der Waals surface area contributed by atoms with Gasteiger partial charge in [-0.3, -0.25) is 14.8 Å². The van der Waals surface area contributed by atoms with Gasteiger partial charge in [-0.1, -0.05) is 0 Å². The molecule has 198 valence electrons. The molecule has 1 spiro atoms. The lowest BCUT2D eigenvalue weighted by Crippen LogP contribution is -2.50. The Morgan fingerprint density at radius 2 is 2.11 bits per heavy atom. The number of H-pyrrole nitrogens is 1. The first-order valence-corrected chi connectivity index (χ1v) is 13.2. The van der Waals surface area contributed by atoms with Crippen molar-refractivity contribution in [2.75, 3.05) is 37.0 Å². The van der Waals surface area contributed by atoms with Crippen molar-refractivity contribution < 1.29 is 13.9 Å². The summed E-state index contributed by atoms with van der Waals surface area (Å²) in [6, 6.07) is 2.05. The lowest BCUT2D eigenvalue weighted by Gasteiger charge is -2.41. The van der Waals surface area contributed by atoms with Crippen molar-refractivity contribution in [1.29, 1.82) is 0 Å². The van der Waals surface area contributed by atoms with Crippen molar-refractivity contribution in [3.8, 4) is 11.4 Å². The Kier molecular flexibility index (Phi) is 5.85. The Hall–Kier alpha value is -3.21. The van der Waals surface area contributed by atoms with Gasteiger partial charge in [0.1, 0.15) is 11.4 Å². The average Bonchev–Trinajstić information content (AvgIpc) is 3.30. The maximum atomic E-state index is 14.8. The van der Waals surface area contributed by atoms with Gasteiger partial charge in [-0.15, -0.1) is 0 Å². The number of pyridine rings is 1. The fraction of sp³-hybridized carbons (Fsp3) is 0.615. The third kappa shape index (κ3) is 4.43. The second kappa shape index (κ2) is 8.97. The first-order chi connectivity index (χ1) is 17.8. The van der Waals surface area contributed by atoms with Crippen LogP contribution in [-0.2, 0) is 11.3 Å². The Labute approximate surface area is 215 Å². The first-order valence-electron chi connectivity index (χ1n) is 13.2. The molecule has 1 aliphatic carbocycles. The van der Waals surface area contributed by atoms with Crippen LogP contribution in [0.1, 0.15) is 52.4 Å². The van der Waals surface area contributed by atoms with Crippen LogP contribution >= 0.6 is 0 Å². The Balaban J connectivity index is 1.32. The molecule has 2 N–H and O–H groups in total. The predicted molar refractivity (Wildman–Crippen MR) is 139 cm³/mol. The molecule has 0 bridgehead atoms. The van der Waals surface area contributed by atoms with Gasteiger partial charge >= 0.3 is 6.03 Å². The van der Waals surface area contributed by atoms with Crippen LogP contribution in [-0.4, -0.2) is 79.9 Å². The van der Waals surface area contributed by atoms with Crippen LogP contribution in [0.3, 0.4) is 0 Å². The van der Waals surface area contributed by atoms with Gasteiger partial charge in [0.05, 0.1) is 47.7 Å². The molecule has 0 unspecified atom stereocenters. The molecule has 11 heteroatoms. The standard InChI is InChI=1S/C26H35FN8O2/c1-25(2,27)16-35-21-12-19(28-13-18(21)23(32-35)33-11-6-17(33)15-37-3)22-20(14-29-31-22)30-24(36)34-10-5-4-7-26(34)8-9-26/h12-14,17H,4-11,15-16H2,1-3H3,(H,29,31)(H,30,36)/t17-/m1/s1. The van der Waals surface area contributed by atoms with Crippen molar-refractivity contribution >= 4 is 28.4 Å². The molecular formula is C26H35FN8O2. The van der Waals surface area contributed by atoms with E-state index in [0.29, 0.717) is 23.7 Å². The second-order valence-corrected chi connectivity index (χ2v) is 11.3. The molecule has 3 fully saturated rings. The van der Waals surface area contributed by atoms with Gasteiger partial charge in [0.25, 0.3) is 0 Å². The largest absolute Gasteiger partial charge is 0.383 e. The smallest absolute Gasteiger partial charge is 0.322 e. The van der Waals surface area contributed by atoms with Crippen LogP contribution in [0, 0.1) is 0 Å². The Morgan fingerprint density at radius 3 is 2.81 bits per heavy atom. The van der Waals surface area contributed by atoms with E-state index >= 15 is 0 Å². The molecule has 6 rings (SSSR count). The summed E-state index contributed by atoms with van der Waals surface area (Å²) in [5.41, 5.74) is 1.20. The third-order valence-electron chi connectivity index (χ3n) is 7.97. The zero-order valence-corrected chi connectivity index (χ0v) is 21.8. The Morgan fingerprint density at radius 1 is 1.27 bits per heavy atom. The van der Waals surface area contributed by atoms with Crippen molar-refractivity contribution in [3.05, 3.63) is 18.5 Å². The topological polar surface area (TPSA) is 104 Å². The zero-order chi connectivity index (χ0) is 25.8. The molecule has 2 saturated heterocycles. The number of urea groups is 1. The zero-order valence-electron chi connectivity index (χ0n) is 21.8. The third-order valence-corrected chi connectivity index (χ3v) is 7.97. The van der Waals surface area contributed by atoms with Gasteiger partial charge in [-0.2, -0.15) is 10.2 Å². The number of ether oxygens (including phenoxy) is 1. The van der Waals surface area contributed by atoms with Crippen LogP contribution in [0.15, 0.2) is 18.5 Å². The summed E-state index contributed by atoms with van der Waals surface area (Å²) in [7, 11) is 1.70. The average molecular weight is 511 g/mol. The number of carbonyl (C=O) groups excluding carboxylic acids is 1. The number of carbonyl (C=O) groups is 1. The summed E-state index contributed by atoms with van der Waals surface area (Å²) in [5, 5.41) is 15.9. The maximum Gasteiger partial charge on any atom is 0.322 e. The minimum atomic E-state index is -1.44.